The van der Waals surface area contributed by atoms with E-state index in [0.29, 0.717) is 0 Å². The van der Waals surface area contributed by atoms with E-state index in [2.05, 4.69) is 34.0 Å². The number of halogens is 1. The van der Waals surface area contributed by atoms with Crippen molar-refractivity contribution in [3.05, 3.63) is 40.6 Å². The number of para-hydroxylation sites is 1. The molecule has 0 bridgehead atoms. The third-order valence-electron chi connectivity index (χ3n) is 2.24. The van der Waals surface area contributed by atoms with E-state index in [1.807, 2.05) is 22.9 Å². The minimum absolute atomic E-state index is 0.734. The highest BCUT2D eigenvalue weighted by molar-refractivity contribution is 9.10. The van der Waals surface area contributed by atoms with Gasteiger partial charge in [-0.2, -0.15) is 5.10 Å². The molecule has 0 unspecified atom stereocenters. The summed E-state index contributed by atoms with van der Waals surface area (Å²) in [6, 6.07) is 8.07. The van der Waals surface area contributed by atoms with Gasteiger partial charge in [-0.05, 0) is 34.5 Å². The lowest BCUT2D eigenvalue weighted by Crippen LogP contribution is -1.98. The van der Waals surface area contributed by atoms with Crippen molar-refractivity contribution >= 4 is 15.9 Å². The van der Waals surface area contributed by atoms with Gasteiger partial charge >= 0.3 is 0 Å². The maximum absolute atomic E-state index is 5.16. The van der Waals surface area contributed by atoms with Crippen LogP contribution in [0.5, 0.6) is 5.75 Å². The molecule has 2 rings (SSSR count). The summed E-state index contributed by atoms with van der Waals surface area (Å²) in [7, 11) is 1.63. The molecule has 0 aliphatic heterocycles. The third-order valence-corrected chi connectivity index (χ3v) is 2.97. The van der Waals surface area contributed by atoms with Crippen molar-refractivity contribution in [3.63, 3.8) is 0 Å². The second kappa shape index (κ2) is 4.06. The predicted molar refractivity (Wildman–Crippen MR) is 62.6 cm³/mol. The van der Waals surface area contributed by atoms with E-state index in [0.717, 1.165) is 16.0 Å². The first-order chi connectivity index (χ1) is 7.24. The van der Waals surface area contributed by atoms with Crippen LogP contribution in [0.25, 0.3) is 5.69 Å². The minimum atomic E-state index is 0.734. The average molecular weight is 267 g/mol. The second-order valence-corrected chi connectivity index (χ2v) is 3.95. The molecule has 15 heavy (non-hydrogen) atoms. The van der Waals surface area contributed by atoms with Gasteiger partial charge in [-0.15, -0.1) is 0 Å². The molecule has 0 atom stereocenters. The Hall–Kier alpha value is -1.29. The Labute approximate surface area is 96.8 Å². The lowest BCUT2D eigenvalue weighted by atomic mass is 10.2. The number of ether oxygens (including phenoxy) is 1. The molecule has 1 heterocycles. The van der Waals surface area contributed by atoms with E-state index < -0.39 is 0 Å². The summed E-state index contributed by atoms with van der Waals surface area (Å²) in [5, 5.41) is 4.26. The standard InChI is InChI=1S/C11H11BrN2O/c1-8-5-3-4-6-9(8)14-11(12)10(15-2)7-13-14/h3-7H,1-2H3. The Balaban J connectivity index is 2.55. The molecule has 0 N–H and O–H groups in total. The first-order valence-corrected chi connectivity index (χ1v) is 5.37. The lowest BCUT2D eigenvalue weighted by Gasteiger charge is -2.06. The molecule has 0 radical (unpaired) electrons. The first kappa shape index (κ1) is 10.2. The highest BCUT2D eigenvalue weighted by Crippen LogP contribution is 2.27. The van der Waals surface area contributed by atoms with Crippen LogP contribution in [0.2, 0.25) is 0 Å². The molecule has 78 valence electrons. The number of methoxy groups -OCH3 is 1. The summed E-state index contributed by atoms with van der Waals surface area (Å²) >= 11 is 3.46. The minimum Gasteiger partial charge on any atom is -0.492 e. The third kappa shape index (κ3) is 1.77. The van der Waals surface area contributed by atoms with E-state index in [-0.39, 0.29) is 0 Å². The smallest absolute Gasteiger partial charge is 0.171 e. The summed E-state index contributed by atoms with van der Waals surface area (Å²) in [5.74, 6) is 0.734. The normalized spacial score (nSPS) is 10.3. The molecule has 0 fully saturated rings. The fourth-order valence-corrected chi connectivity index (χ4v) is 1.97. The van der Waals surface area contributed by atoms with Crippen molar-refractivity contribution in [2.24, 2.45) is 0 Å². The molecule has 0 amide bonds. The number of aryl methyl sites for hydroxylation is 1. The molecule has 0 saturated heterocycles. The number of benzene rings is 1. The van der Waals surface area contributed by atoms with Crippen LogP contribution >= 0.6 is 15.9 Å². The van der Waals surface area contributed by atoms with Crippen molar-refractivity contribution in [3.8, 4) is 11.4 Å². The molecule has 0 aliphatic carbocycles. The van der Waals surface area contributed by atoms with Crippen molar-refractivity contribution in [1.29, 1.82) is 0 Å². The summed E-state index contributed by atoms with van der Waals surface area (Å²) in [5.41, 5.74) is 2.22. The molecular formula is C11H11BrN2O. The van der Waals surface area contributed by atoms with Gasteiger partial charge in [-0.3, -0.25) is 0 Å². The van der Waals surface area contributed by atoms with Gasteiger partial charge in [0.05, 0.1) is 19.0 Å². The van der Waals surface area contributed by atoms with Crippen LogP contribution in [0, 0.1) is 6.92 Å². The predicted octanol–water partition coefficient (Wildman–Crippen LogP) is 2.95. The number of nitrogens with zero attached hydrogens (tertiary/aromatic N) is 2. The van der Waals surface area contributed by atoms with Crippen molar-refractivity contribution < 1.29 is 4.74 Å². The Morgan fingerprint density at radius 2 is 2.07 bits per heavy atom. The van der Waals surface area contributed by atoms with Gasteiger partial charge in [0.1, 0.15) is 0 Å². The zero-order valence-electron chi connectivity index (χ0n) is 8.57. The number of aromatic nitrogens is 2. The van der Waals surface area contributed by atoms with Crippen LogP contribution in [-0.4, -0.2) is 16.9 Å². The first-order valence-electron chi connectivity index (χ1n) is 4.57. The SMILES string of the molecule is COc1cnn(-c2ccccc2C)c1Br. The number of rotatable bonds is 2. The monoisotopic (exact) mass is 266 g/mol. The van der Waals surface area contributed by atoms with Gasteiger partial charge in [-0.1, -0.05) is 18.2 Å². The van der Waals surface area contributed by atoms with Gasteiger partial charge in [0.15, 0.2) is 10.4 Å². The van der Waals surface area contributed by atoms with E-state index in [4.69, 9.17) is 4.74 Å². The van der Waals surface area contributed by atoms with Crippen molar-refractivity contribution in [2.75, 3.05) is 7.11 Å². The molecule has 0 aliphatic rings. The van der Waals surface area contributed by atoms with Gasteiger partial charge in [0.2, 0.25) is 0 Å². The molecule has 2 aromatic rings. The van der Waals surface area contributed by atoms with Crippen LogP contribution in [0.4, 0.5) is 0 Å². The molecule has 1 aromatic carbocycles. The zero-order chi connectivity index (χ0) is 10.8. The fraction of sp³-hybridized carbons (Fsp3) is 0.182. The van der Waals surface area contributed by atoms with Crippen molar-refractivity contribution in [1.82, 2.24) is 9.78 Å². The summed E-state index contributed by atoms with van der Waals surface area (Å²) in [6.07, 6.45) is 1.69. The molecule has 0 saturated carbocycles. The van der Waals surface area contributed by atoms with Gasteiger partial charge in [0.25, 0.3) is 0 Å². The van der Waals surface area contributed by atoms with Gasteiger partial charge in [-0.25, -0.2) is 4.68 Å². The maximum atomic E-state index is 5.16. The maximum Gasteiger partial charge on any atom is 0.171 e. The van der Waals surface area contributed by atoms with Gasteiger partial charge in [0, 0.05) is 0 Å². The quantitative estimate of drug-likeness (QED) is 0.836. The lowest BCUT2D eigenvalue weighted by molar-refractivity contribution is 0.412. The second-order valence-electron chi connectivity index (χ2n) is 3.20. The highest BCUT2D eigenvalue weighted by Gasteiger charge is 2.10. The fourth-order valence-electron chi connectivity index (χ4n) is 1.42. The van der Waals surface area contributed by atoms with E-state index >= 15 is 0 Å². The average Bonchev–Trinajstić information content (AvgIpc) is 2.60. The highest BCUT2D eigenvalue weighted by atomic mass is 79.9. The number of hydrogen-bond acceptors (Lipinski definition) is 2. The van der Waals surface area contributed by atoms with Crippen LogP contribution in [0.3, 0.4) is 0 Å². The summed E-state index contributed by atoms with van der Waals surface area (Å²) in [4.78, 5) is 0. The van der Waals surface area contributed by atoms with Crippen LogP contribution in [0.1, 0.15) is 5.56 Å². The van der Waals surface area contributed by atoms with Crippen LogP contribution < -0.4 is 4.74 Å². The van der Waals surface area contributed by atoms with Crippen LogP contribution in [-0.2, 0) is 0 Å². The van der Waals surface area contributed by atoms with Gasteiger partial charge < -0.3 is 4.74 Å². The van der Waals surface area contributed by atoms with Crippen molar-refractivity contribution in [2.45, 2.75) is 6.92 Å². The van der Waals surface area contributed by atoms with E-state index in [9.17, 15) is 0 Å². The zero-order valence-corrected chi connectivity index (χ0v) is 10.2. The van der Waals surface area contributed by atoms with Crippen LogP contribution in [0.15, 0.2) is 35.1 Å². The molecule has 0 spiro atoms. The Bertz CT molecular complexity index is 479. The Morgan fingerprint density at radius 1 is 1.33 bits per heavy atom. The molecule has 1 aromatic heterocycles. The van der Waals surface area contributed by atoms with E-state index in [1.165, 1.54) is 5.56 Å². The Kier molecular flexibility index (Phi) is 2.77. The molecule has 3 nitrogen and oxygen atoms in total. The number of hydrogen-bond donors (Lipinski definition) is 0. The topological polar surface area (TPSA) is 27.1 Å². The summed E-state index contributed by atoms with van der Waals surface area (Å²) < 4.78 is 7.80. The summed E-state index contributed by atoms with van der Waals surface area (Å²) in [6.45, 7) is 2.05. The molecule has 4 heteroatoms. The molecular weight excluding hydrogens is 256 g/mol. The van der Waals surface area contributed by atoms with E-state index in [1.54, 1.807) is 13.3 Å². The largest absolute Gasteiger partial charge is 0.492 e. The Morgan fingerprint density at radius 3 is 2.67 bits per heavy atom.